The van der Waals surface area contributed by atoms with Crippen LogP contribution in [-0.4, -0.2) is 18.9 Å². The molecule has 2 rings (SSSR count). The Hall–Kier alpha value is -2.82. The summed E-state index contributed by atoms with van der Waals surface area (Å²) in [6.45, 7) is 3.67. The monoisotopic (exact) mass is 326 g/mol. The topological polar surface area (TPSA) is 67.4 Å². The number of methoxy groups -OCH3 is 1. The Labute approximate surface area is 142 Å². The van der Waals surface area contributed by atoms with Crippen LogP contribution in [0.1, 0.15) is 37.1 Å². The number of hydrogen-bond acceptors (Lipinski definition) is 3. The zero-order chi connectivity index (χ0) is 17.5. The van der Waals surface area contributed by atoms with Gasteiger partial charge in [0.2, 0.25) is 0 Å². The SMILES string of the molecule is COc1ccc(C(C)NC(=O)C(=O)NC(C)c2ccccc2)cc1. The predicted molar refractivity (Wildman–Crippen MR) is 92.6 cm³/mol. The van der Waals surface area contributed by atoms with Crippen LogP contribution in [0.3, 0.4) is 0 Å². The summed E-state index contributed by atoms with van der Waals surface area (Å²) in [6.07, 6.45) is 0. The van der Waals surface area contributed by atoms with E-state index >= 15 is 0 Å². The lowest BCUT2D eigenvalue weighted by atomic mass is 10.1. The van der Waals surface area contributed by atoms with Gasteiger partial charge in [0, 0.05) is 0 Å². The molecular formula is C19H22N2O3. The maximum Gasteiger partial charge on any atom is 0.309 e. The van der Waals surface area contributed by atoms with Crippen molar-refractivity contribution in [3.8, 4) is 5.75 Å². The first kappa shape index (κ1) is 17.5. The van der Waals surface area contributed by atoms with Crippen molar-refractivity contribution in [2.24, 2.45) is 0 Å². The van der Waals surface area contributed by atoms with E-state index in [0.717, 1.165) is 16.9 Å². The third-order valence-electron chi connectivity index (χ3n) is 3.82. The molecule has 2 N–H and O–H groups in total. The maximum atomic E-state index is 12.1. The minimum atomic E-state index is -0.652. The number of rotatable bonds is 5. The fourth-order valence-corrected chi connectivity index (χ4v) is 2.33. The first-order valence-corrected chi connectivity index (χ1v) is 7.81. The molecule has 0 aliphatic rings. The summed E-state index contributed by atoms with van der Waals surface area (Å²) in [6, 6.07) is 16.3. The lowest BCUT2D eigenvalue weighted by Crippen LogP contribution is -2.41. The van der Waals surface area contributed by atoms with E-state index in [-0.39, 0.29) is 12.1 Å². The van der Waals surface area contributed by atoms with Crippen LogP contribution < -0.4 is 15.4 Å². The largest absolute Gasteiger partial charge is 0.497 e. The fraction of sp³-hybridized carbons (Fsp3) is 0.263. The molecule has 0 saturated heterocycles. The van der Waals surface area contributed by atoms with Crippen LogP contribution in [0.5, 0.6) is 5.75 Å². The predicted octanol–water partition coefficient (Wildman–Crippen LogP) is 2.75. The van der Waals surface area contributed by atoms with E-state index in [1.54, 1.807) is 7.11 Å². The average Bonchev–Trinajstić information content (AvgIpc) is 2.62. The molecule has 0 aromatic heterocycles. The maximum absolute atomic E-state index is 12.1. The highest BCUT2D eigenvalue weighted by molar-refractivity contribution is 6.35. The number of hydrogen-bond donors (Lipinski definition) is 2. The second kappa shape index (κ2) is 8.15. The van der Waals surface area contributed by atoms with E-state index in [0.29, 0.717) is 0 Å². The molecule has 0 aliphatic heterocycles. The summed E-state index contributed by atoms with van der Waals surface area (Å²) in [5.74, 6) is -0.556. The molecule has 2 aromatic rings. The number of ether oxygens (including phenoxy) is 1. The molecule has 5 nitrogen and oxygen atoms in total. The van der Waals surface area contributed by atoms with Gasteiger partial charge in [-0.3, -0.25) is 9.59 Å². The third-order valence-corrected chi connectivity index (χ3v) is 3.82. The van der Waals surface area contributed by atoms with Crippen molar-refractivity contribution in [2.75, 3.05) is 7.11 Å². The van der Waals surface area contributed by atoms with Crippen LogP contribution in [0, 0.1) is 0 Å². The van der Waals surface area contributed by atoms with Gasteiger partial charge in [0.1, 0.15) is 5.75 Å². The van der Waals surface area contributed by atoms with Gasteiger partial charge in [0.15, 0.2) is 0 Å². The van der Waals surface area contributed by atoms with E-state index in [9.17, 15) is 9.59 Å². The summed E-state index contributed by atoms with van der Waals surface area (Å²) in [5.41, 5.74) is 1.84. The van der Waals surface area contributed by atoms with Crippen molar-refractivity contribution in [1.29, 1.82) is 0 Å². The third kappa shape index (κ3) is 4.59. The smallest absolute Gasteiger partial charge is 0.309 e. The van der Waals surface area contributed by atoms with Crippen molar-refractivity contribution < 1.29 is 14.3 Å². The molecule has 24 heavy (non-hydrogen) atoms. The van der Waals surface area contributed by atoms with E-state index in [1.807, 2.05) is 68.4 Å². The Morgan fingerprint density at radius 1 is 0.792 bits per heavy atom. The van der Waals surface area contributed by atoms with Crippen molar-refractivity contribution in [3.05, 3.63) is 65.7 Å². The molecule has 126 valence electrons. The minimum absolute atomic E-state index is 0.235. The van der Waals surface area contributed by atoms with Crippen LogP contribution in [0.2, 0.25) is 0 Å². The van der Waals surface area contributed by atoms with Crippen molar-refractivity contribution in [2.45, 2.75) is 25.9 Å². The van der Waals surface area contributed by atoms with Crippen LogP contribution in [0.15, 0.2) is 54.6 Å². The number of nitrogens with one attached hydrogen (secondary N) is 2. The number of amides is 2. The van der Waals surface area contributed by atoms with Gasteiger partial charge in [-0.1, -0.05) is 42.5 Å². The normalized spacial score (nSPS) is 12.8. The highest BCUT2D eigenvalue weighted by Crippen LogP contribution is 2.17. The van der Waals surface area contributed by atoms with Crippen LogP contribution in [0.4, 0.5) is 0 Å². The van der Waals surface area contributed by atoms with Gasteiger partial charge in [-0.2, -0.15) is 0 Å². The lowest BCUT2D eigenvalue weighted by molar-refractivity contribution is -0.140. The summed E-state index contributed by atoms with van der Waals surface area (Å²) in [5, 5.41) is 5.40. The van der Waals surface area contributed by atoms with E-state index < -0.39 is 11.8 Å². The highest BCUT2D eigenvalue weighted by Gasteiger charge is 2.19. The number of carbonyl (C=O) groups is 2. The fourth-order valence-electron chi connectivity index (χ4n) is 2.33. The molecule has 0 heterocycles. The van der Waals surface area contributed by atoms with Gasteiger partial charge in [-0.05, 0) is 37.1 Å². The molecule has 0 aliphatic carbocycles. The first-order chi connectivity index (χ1) is 11.5. The van der Waals surface area contributed by atoms with Crippen molar-refractivity contribution in [1.82, 2.24) is 10.6 Å². The lowest BCUT2D eigenvalue weighted by Gasteiger charge is -2.17. The summed E-state index contributed by atoms with van der Waals surface area (Å²) in [4.78, 5) is 24.1. The second-order valence-corrected chi connectivity index (χ2v) is 5.57. The van der Waals surface area contributed by atoms with E-state index in [2.05, 4.69) is 10.6 Å². The van der Waals surface area contributed by atoms with Gasteiger partial charge < -0.3 is 15.4 Å². The minimum Gasteiger partial charge on any atom is -0.497 e. The molecule has 0 radical (unpaired) electrons. The molecule has 2 amide bonds. The number of carbonyl (C=O) groups excluding carboxylic acids is 2. The van der Waals surface area contributed by atoms with Crippen LogP contribution in [0.25, 0.3) is 0 Å². The zero-order valence-electron chi connectivity index (χ0n) is 14.1. The zero-order valence-corrected chi connectivity index (χ0v) is 14.1. The molecule has 2 unspecified atom stereocenters. The molecule has 0 bridgehead atoms. The van der Waals surface area contributed by atoms with E-state index in [4.69, 9.17) is 4.74 Å². The molecule has 2 aromatic carbocycles. The summed E-state index contributed by atoms with van der Waals surface area (Å²) in [7, 11) is 1.60. The average molecular weight is 326 g/mol. The quantitative estimate of drug-likeness (QED) is 0.830. The molecule has 0 fully saturated rings. The highest BCUT2D eigenvalue weighted by atomic mass is 16.5. The summed E-state index contributed by atoms with van der Waals surface area (Å²) < 4.78 is 5.10. The Kier molecular flexibility index (Phi) is 5.95. The van der Waals surface area contributed by atoms with Gasteiger partial charge in [0.25, 0.3) is 0 Å². The first-order valence-electron chi connectivity index (χ1n) is 7.81. The van der Waals surface area contributed by atoms with E-state index in [1.165, 1.54) is 0 Å². The van der Waals surface area contributed by atoms with Crippen LogP contribution in [-0.2, 0) is 9.59 Å². The molecule has 5 heteroatoms. The van der Waals surface area contributed by atoms with Crippen LogP contribution >= 0.6 is 0 Å². The van der Waals surface area contributed by atoms with Crippen molar-refractivity contribution in [3.63, 3.8) is 0 Å². The van der Waals surface area contributed by atoms with Gasteiger partial charge >= 0.3 is 11.8 Å². The summed E-state index contributed by atoms with van der Waals surface area (Å²) >= 11 is 0. The Bertz CT molecular complexity index is 684. The second-order valence-electron chi connectivity index (χ2n) is 5.57. The Balaban J connectivity index is 1.91. The van der Waals surface area contributed by atoms with Gasteiger partial charge in [-0.25, -0.2) is 0 Å². The van der Waals surface area contributed by atoms with Crippen molar-refractivity contribution >= 4 is 11.8 Å². The number of benzene rings is 2. The standard InChI is InChI=1S/C19H22N2O3/c1-13(15-7-5-4-6-8-15)20-18(22)19(23)21-14(2)16-9-11-17(24-3)12-10-16/h4-14H,1-3H3,(H,20,22)(H,21,23). The Morgan fingerprint density at radius 2 is 1.25 bits per heavy atom. The van der Waals surface area contributed by atoms with Gasteiger partial charge in [-0.15, -0.1) is 0 Å². The Morgan fingerprint density at radius 3 is 1.71 bits per heavy atom. The molecule has 2 atom stereocenters. The van der Waals surface area contributed by atoms with Gasteiger partial charge in [0.05, 0.1) is 19.2 Å². The molecule has 0 spiro atoms. The molecular weight excluding hydrogens is 304 g/mol. The molecule has 0 saturated carbocycles.